The lowest BCUT2D eigenvalue weighted by molar-refractivity contribution is -0.144. The van der Waals surface area contributed by atoms with Crippen LogP contribution in [0.4, 0.5) is 0 Å². The van der Waals surface area contributed by atoms with Gasteiger partial charge in [0.05, 0.1) is 13.2 Å². The van der Waals surface area contributed by atoms with Crippen LogP contribution >= 0.6 is 0 Å². The summed E-state index contributed by atoms with van der Waals surface area (Å²) in [6, 6.07) is 9.96. The highest BCUT2D eigenvalue weighted by atomic mass is 16.5. The summed E-state index contributed by atoms with van der Waals surface area (Å²) in [6.07, 6.45) is 0.456. The average Bonchev–Trinajstić information content (AvgIpc) is 2.35. The molecule has 19 heavy (non-hydrogen) atoms. The summed E-state index contributed by atoms with van der Waals surface area (Å²) in [7, 11) is 1.62. The second kappa shape index (κ2) is 4.38. The van der Waals surface area contributed by atoms with Gasteiger partial charge in [-0.25, -0.2) is 0 Å². The molecule has 0 bridgehead atoms. The summed E-state index contributed by atoms with van der Waals surface area (Å²) in [5.74, 6) is 0.826. The third kappa shape index (κ3) is 1.83. The Labute approximate surface area is 114 Å². The van der Waals surface area contributed by atoms with E-state index in [1.807, 2.05) is 45.0 Å². The normalized spacial score (nSPS) is 26.5. The maximum atomic E-state index is 12.1. The quantitative estimate of drug-likeness (QED) is 0.816. The molecule has 0 aliphatic heterocycles. The molecule has 3 nitrogen and oxygen atoms in total. The maximum Gasteiger partial charge on any atom is 0.154 e. The Hall–Kier alpha value is -1.82. The molecule has 1 fully saturated rings. The zero-order valence-corrected chi connectivity index (χ0v) is 11.9. The van der Waals surface area contributed by atoms with Gasteiger partial charge in [-0.15, -0.1) is 0 Å². The van der Waals surface area contributed by atoms with Crippen LogP contribution in [0.1, 0.15) is 38.7 Å². The van der Waals surface area contributed by atoms with Crippen molar-refractivity contribution in [3.8, 4) is 11.8 Å². The van der Waals surface area contributed by atoms with Crippen molar-refractivity contribution in [1.82, 2.24) is 0 Å². The van der Waals surface area contributed by atoms with Crippen molar-refractivity contribution in [2.24, 2.45) is 10.8 Å². The molecule has 0 radical (unpaired) electrons. The largest absolute Gasteiger partial charge is 0.497 e. The zero-order chi connectivity index (χ0) is 14.3. The van der Waals surface area contributed by atoms with Gasteiger partial charge in [0.25, 0.3) is 0 Å². The third-order valence-electron chi connectivity index (χ3n) is 4.23. The van der Waals surface area contributed by atoms with Crippen LogP contribution in [-0.4, -0.2) is 12.9 Å². The molecule has 0 heterocycles. The van der Waals surface area contributed by atoms with Crippen LogP contribution < -0.4 is 4.74 Å². The summed E-state index contributed by atoms with van der Waals surface area (Å²) >= 11 is 0. The number of carbonyl (C=O) groups excluding carboxylic acids is 1. The second-order valence-electron chi connectivity index (χ2n) is 6.12. The van der Waals surface area contributed by atoms with E-state index in [0.717, 1.165) is 11.3 Å². The number of benzene rings is 1. The Morgan fingerprint density at radius 1 is 1.32 bits per heavy atom. The molecule has 3 heteroatoms. The van der Waals surface area contributed by atoms with Gasteiger partial charge < -0.3 is 4.74 Å². The number of rotatable bonds is 2. The summed E-state index contributed by atoms with van der Waals surface area (Å²) in [6.45, 7) is 5.89. The van der Waals surface area contributed by atoms with Gasteiger partial charge in [-0.3, -0.25) is 4.79 Å². The van der Waals surface area contributed by atoms with Gasteiger partial charge in [0.15, 0.2) is 5.78 Å². The Bertz CT molecular complexity index is 533. The minimum atomic E-state index is -0.901. The summed E-state index contributed by atoms with van der Waals surface area (Å²) in [5.41, 5.74) is -0.222. The number of hydrogen-bond donors (Lipinski definition) is 0. The molecule has 1 aliphatic carbocycles. The molecule has 0 aromatic heterocycles. The first kappa shape index (κ1) is 13.6. The molecule has 1 aromatic carbocycles. The first-order valence-electron chi connectivity index (χ1n) is 6.45. The molecule has 1 saturated carbocycles. The predicted octanol–water partition coefficient (Wildman–Crippen LogP) is 3.31. The predicted molar refractivity (Wildman–Crippen MR) is 72.9 cm³/mol. The molecule has 2 rings (SSSR count). The molecule has 0 saturated heterocycles. The summed E-state index contributed by atoms with van der Waals surface area (Å²) in [4.78, 5) is 12.1. The van der Waals surface area contributed by atoms with Crippen LogP contribution in [0.25, 0.3) is 0 Å². The van der Waals surface area contributed by atoms with Crippen molar-refractivity contribution in [1.29, 1.82) is 5.26 Å². The Balaban J connectivity index is 2.40. The zero-order valence-electron chi connectivity index (χ0n) is 11.9. The van der Waals surface area contributed by atoms with Crippen LogP contribution in [0.2, 0.25) is 0 Å². The average molecular weight is 257 g/mol. The van der Waals surface area contributed by atoms with Gasteiger partial charge >= 0.3 is 0 Å². The first-order valence-corrected chi connectivity index (χ1v) is 6.45. The van der Waals surface area contributed by atoms with Crippen molar-refractivity contribution < 1.29 is 9.53 Å². The highest BCUT2D eigenvalue weighted by Gasteiger charge is 2.62. The van der Waals surface area contributed by atoms with E-state index in [9.17, 15) is 10.1 Å². The van der Waals surface area contributed by atoms with Crippen LogP contribution in [0.15, 0.2) is 24.3 Å². The Morgan fingerprint density at radius 3 is 2.26 bits per heavy atom. The lowest BCUT2D eigenvalue weighted by atomic mass is 9.47. The van der Waals surface area contributed by atoms with E-state index in [0.29, 0.717) is 6.42 Å². The van der Waals surface area contributed by atoms with Crippen molar-refractivity contribution in [3.05, 3.63) is 29.8 Å². The number of ether oxygens (including phenoxy) is 1. The van der Waals surface area contributed by atoms with Crippen molar-refractivity contribution in [2.45, 2.75) is 33.1 Å². The molecule has 100 valence electrons. The van der Waals surface area contributed by atoms with Crippen molar-refractivity contribution in [3.63, 3.8) is 0 Å². The number of nitriles is 1. The number of hydrogen-bond acceptors (Lipinski definition) is 3. The monoisotopic (exact) mass is 257 g/mol. The van der Waals surface area contributed by atoms with E-state index < -0.39 is 5.41 Å². The highest BCUT2D eigenvalue weighted by Crippen LogP contribution is 2.59. The van der Waals surface area contributed by atoms with Crippen molar-refractivity contribution >= 4 is 5.78 Å². The molecular weight excluding hydrogens is 238 g/mol. The topological polar surface area (TPSA) is 50.1 Å². The van der Waals surface area contributed by atoms with E-state index in [1.165, 1.54) is 0 Å². The number of nitrogens with zero attached hydrogens (tertiary/aromatic N) is 1. The number of ketones is 1. The van der Waals surface area contributed by atoms with Gasteiger partial charge in [0.1, 0.15) is 11.2 Å². The van der Waals surface area contributed by atoms with E-state index in [1.54, 1.807) is 7.11 Å². The van der Waals surface area contributed by atoms with E-state index in [-0.39, 0.29) is 17.1 Å². The smallest absolute Gasteiger partial charge is 0.154 e. The molecule has 0 spiro atoms. The van der Waals surface area contributed by atoms with Crippen LogP contribution in [0, 0.1) is 22.2 Å². The fourth-order valence-electron chi connectivity index (χ4n) is 3.02. The van der Waals surface area contributed by atoms with Crippen molar-refractivity contribution in [2.75, 3.05) is 7.11 Å². The molecule has 2 atom stereocenters. The molecule has 0 amide bonds. The fraction of sp³-hybridized carbons (Fsp3) is 0.500. The standard InChI is InChI=1S/C16H19NO2/c1-15(2,3)16(10-17)13(9-14(16)18)11-5-7-12(19-4)8-6-11/h5-8,13H,9H2,1-4H3/t13-,16+/m0/s1. The fourth-order valence-corrected chi connectivity index (χ4v) is 3.02. The highest BCUT2D eigenvalue weighted by molar-refractivity contribution is 5.97. The number of carbonyl (C=O) groups is 1. The minimum absolute atomic E-state index is 0.0177. The third-order valence-corrected chi connectivity index (χ3v) is 4.23. The number of methoxy groups -OCH3 is 1. The van der Waals surface area contributed by atoms with Gasteiger partial charge in [-0.1, -0.05) is 32.9 Å². The van der Waals surface area contributed by atoms with E-state index >= 15 is 0 Å². The molecule has 1 aliphatic rings. The van der Waals surface area contributed by atoms with Crippen LogP contribution in [0.5, 0.6) is 5.75 Å². The lowest BCUT2D eigenvalue weighted by Crippen LogP contribution is -2.55. The van der Waals surface area contributed by atoms with Gasteiger partial charge in [0, 0.05) is 12.3 Å². The molecule has 0 unspecified atom stereocenters. The van der Waals surface area contributed by atoms with E-state index in [4.69, 9.17) is 4.74 Å². The maximum absolute atomic E-state index is 12.1. The Morgan fingerprint density at radius 2 is 1.89 bits per heavy atom. The SMILES string of the molecule is COc1ccc([C@@H]2CC(=O)[C@]2(C#N)C(C)(C)C)cc1. The minimum Gasteiger partial charge on any atom is -0.497 e. The van der Waals surface area contributed by atoms with Crippen LogP contribution in [0.3, 0.4) is 0 Å². The molecular formula is C16H19NO2. The van der Waals surface area contributed by atoms with Crippen LogP contribution in [-0.2, 0) is 4.79 Å². The van der Waals surface area contributed by atoms with E-state index in [2.05, 4.69) is 6.07 Å². The van der Waals surface area contributed by atoms with Gasteiger partial charge in [-0.2, -0.15) is 5.26 Å². The summed E-state index contributed by atoms with van der Waals surface area (Å²) < 4.78 is 5.14. The summed E-state index contributed by atoms with van der Waals surface area (Å²) in [5, 5.41) is 9.58. The molecule has 0 N–H and O–H groups in total. The Kier molecular flexibility index (Phi) is 3.14. The molecule has 1 aromatic rings. The second-order valence-corrected chi connectivity index (χ2v) is 6.12. The number of Topliss-reactive ketones (excluding diaryl/α,β-unsaturated/α-hetero) is 1. The van der Waals surface area contributed by atoms with Gasteiger partial charge in [0.2, 0.25) is 0 Å². The van der Waals surface area contributed by atoms with Gasteiger partial charge in [-0.05, 0) is 23.1 Å². The lowest BCUT2D eigenvalue weighted by Gasteiger charge is -2.51. The first-order chi connectivity index (χ1) is 8.86.